The van der Waals surface area contributed by atoms with E-state index in [9.17, 15) is 0 Å². The molecule has 1 heteroatoms. The second-order valence-corrected chi connectivity index (χ2v) is 4.42. The van der Waals surface area contributed by atoms with Crippen LogP contribution in [-0.2, 0) is 0 Å². The Morgan fingerprint density at radius 1 is 1.55 bits per heavy atom. The second-order valence-electron chi connectivity index (χ2n) is 4.42. The molecule has 11 heavy (non-hydrogen) atoms. The summed E-state index contributed by atoms with van der Waals surface area (Å²) in [7, 11) is 0. The third-order valence-electron chi connectivity index (χ3n) is 3.67. The lowest BCUT2D eigenvalue weighted by atomic mass is 9.64. The van der Waals surface area contributed by atoms with Gasteiger partial charge in [-0.3, -0.25) is 0 Å². The van der Waals surface area contributed by atoms with E-state index in [4.69, 9.17) is 5.11 Å². The van der Waals surface area contributed by atoms with Gasteiger partial charge in [0.25, 0.3) is 0 Å². The first kappa shape index (κ1) is 7.35. The number of allylic oxidation sites excluding steroid dienone is 1. The third-order valence-corrected chi connectivity index (χ3v) is 3.67. The van der Waals surface area contributed by atoms with Crippen molar-refractivity contribution in [2.75, 3.05) is 6.61 Å². The van der Waals surface area contributed by atoms with Gasteiger partial charge in [-0.25, -0.2) is 0 Å². The maximum Gasteiger partial charge on any atom is 0.0647 e. The van der Waals surface area contributed by atoms with E-state index in [-0.39, 0.29) is 12.0 Å². The van der Waals surface area contributed by atoms with Crippen LogP contribution in [0.4, 0.5) is 0 Å². The predicted octanol–water partition coefficient (Wildman–Crippen LogP) is 1.97. The SMILES string of the molecule is CC1(C)C(CO)=CC2CCC21. The maximum absolute atomic E-state index is 9.10. The van der Waals surface area contributed by atoms with Crippen molar-refractivity contribution < 1.29 is 5.11 Å². The monoisotopic (exact) mass is 152 g/mol. The summed E-state index contributed by atoms with van der Waals surface area (Å²) in [6.07, 6.45) is 5.00. The molecule has 62 valence electrons. The van der Waals surface area contributed by atoms with E-state index in [0.29, 0.717) is 0 Å². The fourth-order valence-electron chi connectivity index (χ4n) is 2.59. The number of aliphatic hydroxyl groups is 1. The van der Waals surface area contributed by atoms with Crippen molar-refractivity contribution in [1.29, 1.82) is 0 Å². The van der Waals surface area contributed by atoms with Crippen LogP contribution in [0, 0.1) is 17.3 Å². The van der Waals surface area contributed by atoms with Crippen molar-refractivity contribution in [3.8, 4) is 0 Å². The summed E-state index contributed by atoms with van der Waals surface area (Å²) in [5.41, 5.74) is 1.56. The van der Waals surface area contributed by atoms with Gasteiger partial charge in [-0.1, -0.05) is 19.9 Å². The van der Waals surface area contributed by atoms with E-state index in [0.717, 1.165) is 11.8 Å². The van der Waals surface area contributed by atoms with E-state index in [1.54, 1.807) is 0 Å². The van der Waals surface area contributed by atoms with Crippen LogP contribution in [0.25, 0.3) is 0 Å². The first-order valence-electron chi connectivity index (χ1n) is 4.48. The Kier molecular flexibility index (Phi) is 1.40. The molecule has 0 aliphatic heterocycles. The molecule has 0 spiro atoms. The lowest BCUT2D eigenvalue weighted by Crippen LogP contribution is -2.32. The van der Waals surface area contributed by atoms with Gasteiger partial charge < -0.3 is 5.11 Å². The van der Waals surface area contributed by atoms with E-state index < -0.39 is 0 Å². The quantitative estimate of drug-likeness (QED) is 0.569. The van der Waals surface area contributed by atoms with Crippen molar-refractivity contribution >= 4 is 0 Å². The zero-order chi connectivity index (χ0) is 8.06. The summed E-state index contributed by atoms with van der Waals surface area (Å²) in [5, 5.41) is 9.10. The molecule has 0 heterocycles. The minimum absolute atomic E-state index is 0.264. The highest BCUT2D eigenvalue weighted by atomic mass is 16.3. The third kappa shape index (κ3) is 0.807. The highest BCUT2D eigenvalue weighted by Gasteiger charge is 2.47. The molecule has 2 rings (SSSR count). The molecule has 0 saturated heterocycles. The van der Waals surface area contributed by atoms with Crippen LogP contribution >= 0.6 is 0 Å². The fourth-order valence-corrected chi connectivity index (χ4v) is 2.59. The van der Waals surface area contributed by atoms with Crippen molar-refractivity contribution in [1.82, 2.24) is 0 Å². The predicted molar refractivity (Wildman–Crippen MR) is 45.2 cm³/mol. The van der Waals surface area contributed by atoms with E-state index in [2.05, 4.69) is 19.9 Å². The smallest absolute Gasteiger partial charge is 0.0647 e. The number of aliphatic hydroxyl groups excluding tert-OH is 1. The van der Waals surface area contributed by atoms with Crippen molar-refractivity contribution in [2.24, 2.45) is 17.3 Å². The zero-order valence-electron chi connectivity index (χ0n) is 7.30. The minimum Gasteiger partial charge on any atom is -0.392 e. The van der Waals surface area contributed by atoms with Gasteiger partial charge in [0.1, 0.15) is 0 Å². The number of rotatable bonds is 1. The highest BCUT2D eigenvalue weighted by molar-refractivity contribution is 5.26. The van der Waals surface area contributed by atoms with Gasteiger partial charge in [-0.2, -0.15) is 0 Å². The van der Waals surface area contributed by atoms with Crippen LogP contribution in [0.15, 0.2) is 11.6 Å². The molecule has 1 nitrogen and oxygen atoms in total. The van der Waals surface area contributed by atoms with Gasteiger partial charge in [0.2, 0.25) is 0 Å². The molecule has 2 unspecified atom stereocenters. The van der Waals surface area contributed by atoms with Crippen molar-refractivity contribution in [2.45, 2.75) is 26.7 Å². The molecule has 2 atom stereocenters. The molecule has 0 aromatic carbocycles. The fraction of sp³-hybridized carbons (Fsp3) is 0.800. The highest BCUT2D eigenvalue weighted by Crippen LogP contribution is 2.55. The maximum atomic E-state index is 9.10. The first-order chi connectivity index (χ1) is 5.16. The molecule has 0 amide bonds. The summed E-state index contributed by atoms with van der Waals surface area (Å²) in [6.45, 7) is 4.79. The van der Waals surface area contributed by atoms with Crippen LogP contribution in [0.5, 0.6) is 0 Å². The Morgan fingerprint density at radius 2 is 2.27 bits per heavy atom. The summed E-state index contributed by atoms with van der Waals surface area (Å²) < 4.78 is 0. The Morgan fingerprint density at radius 3 is 2.55 bits per heavy atom. The largest absolute Gasteiger partial charge is 0.392 e. The number of fused-ring (bicyclic) bond motifs is 1. The van der Waals surface area contributed by atoms with Crippen LogP contribution in [0.3, 0.4) is 0 Å². The average molecular weight is 152 g/mol. The molecule has 0 aromatic rings. The molecule has 2 aliphatic carbocycles. The van der Waals surface area contributed by atoms with E-state index in [1.165, 1.54) is 18.4 Å². The Labute approximate surface area is 68.1 Å². The number of hydrogen-bond acceptors (Lipinski definition) is 1. The van der Waals surface area contributed by atoms with Crippen LogP contribution in [-0.4, -0.2) is 11.7 Å². The van der Waals surface area contributed by atoms with Crippen molar-refractivity contribution in [3.05, 3.63) is 11.6 Å². The van der Waals surface area contributed by atoms with Gasteiger partial charge >= 0.3 is 0 Å². The number of hydrogen-bond donors (Lipinski definition) is 1. The zero-order valence-corrected chi connectivity index (χ0v) is 7.30. The van der Waals surface area contributed by atoms with Crippen LogP contribution < -0.4 is 0 Å². The minimum atomic E-state index is 0.264. The second kappa shape index (κ2) is 2.10. The molecule has 1 saturated carbocycles. The normalized spacial score (nSPS) is 39.4. The lowest BCUT2D eigenvalue weighted by molar-refractivity contribution is 0.120. The van der Waals surface area contributed by atoms with Gasteiger partial charge in [-0.15, -0.1) is 0 Å². The standard InChI is InChI=1S/C10H16O/c1-10(2)8(6-11)5-7-3-4-9(7)10/h5,7,9,11H,3-4,6H2,1-2H3. The molecule has 0 radical (unpaired) electrons. The molecule has 2 aliphatic rings. The first-order valence-corrected chi connectivity index (χ1v) is 4.48. The topological polar surface area (TPSA) is 20.2 Å². The lowest BCUT2D eigenvalue weighted by Gasteiger charge is -2.40. The van der Waals surface area contributed by atoms with Gasteiger partial charge in [0.05, 0.1) is 6.61 Å². The molecule has 0 bridgehead atoms. The molecule has 1 fully saturated rings. The summed E-state index contributed by atoms with van der Waals surface area (Å²) in [5.74, 6) is 1.64. The van der Waals surface area contributed by atoms with Crippen LogP contribution in [0.2, 0.25) is 0 Å². The average Bonchev–Trinajstić information content (AvgIpc) is 1.99. The molecule has 0 aromatic heterocycles. The molecular weight excluding hydrogens is 136 g/mol. The molecular formula is C10H16O. The molecule has 1 N–H and O–H groups in total. The Hall–Kier alpha value is -0.300. The Balaban J connectivity index is 2.25. The van der Waals surface area contributed by atoms with E-state index >= 15 is 0 Å². The van der Waals surface area contributed by atoms with Crippen LogP contribution in [0.1, 0.15) is 26.7 Å². The van der Waals surface area contributed by atoms with Gasteiger partial charge in [-0.05, 0) is 35.7 Å². The summed E-state index contributed by atoms with van der Waals surface area (Å²) >= 11 is 0. The summed E-state index contributed by atoms with van der Waals surface area (Å²) in [6, 6.07) is 0. The summed E-state index contributed by atoms with van der Waals surface area (Å²) in [4.78, 5) is 0. The van der Waals surface area contributed by atoms with Crippen molar-refractivity contribution in [3.63, 3.8) is 0 Å². The van der Waals surface area contributed by atoms with E-state index in [1.807, 2.05) is 0 Å². The van der Waals surface area contributed by atoms with Gasteiger partial charge in [0.15, 0.2) is 0 Å². The Bertz CT molecular complexity index is 203. The van der Waals surface area contributed by atoms with Gasteiger partial charge in [0, 0.05) is 0 Å².